The van der Waals surface area contributed by atoms with Crippen LogP contribution < -0.4 is 4.90 Å². The van der Waals surface area contributed by atoms with Gasteiger partial charge in [0.1, 0.15) is 0 Å². The molecule has 1 aromatic carbocycles. The molecule has 0 bridgehead atoms. The molecule has 5 nitrogen and oxygen atoms in total. The van der Waals surface area contributed by atoms with E-state index in [1.165, 1.54) is 12.1 Å². The molecule has 4 rings (SSSR count). The molecule has 2 fully saturated rings. The molecule has 0 N–H and O–H groups in total. The third-order valence-corrected chi connectivity index (χ3v) is 6.11. The Balaban J connectivity index is 1.39. The van der Waals surface area contributed by atoms with Crippen LogP contribution in [-0.2, 0) is 4.79 Å². The van der Waals surface area contributed by atoms with E-state index in [-0.39, 0.29) is 0 Å². The lowest BCUT2D eigenvalue weighted by Gasteiger charge is -2.39. The molecule has 144 valence electrons. The molecular formula is C21H27ClN4O. The van der Waals surface area contributed by atoms with Crippen molar-refractivity contribution in [2.24, 2.45) is 0 Å². The van der Waals surface area contributed by atoms with Crippen LogP contribution in [0.2, 0.25) is 5.02 Å². The van der Waals surface area contributed by atoms with E-state index in [1.54, 1.807) is 0 Å². The third kappa shape index (κ3) is 4.04. The van der Waals surface area contributed by atoms with Crippen LogP contribution in [0.5, 0.6) is 0 Å². The largest absolute Gasteiger partial charge is 0.368 e. The van der Waals surface area contributed by atoms with Crippen molar-refractivity contribution in [2.45, 2.75) is 32.2 Å². The zero-order valence-corrected chi connectivity index (χ0v) is 16.7. The van der Waals surface area contributed by atoms with Gasteiger partial charge >= 0.3 is 0 Å². The molecule has 0 spiro atoms. The maximum absolute atomic E-state index is 12.7. The van der Waals surface area contributed by atoms with Crippen LogP contribution in [0, 0.1) is 0 Å². The van der Waals surface area contributed by atoms with Crippen molar-refractivity contribution in [3.8, 4) is 0 Å². The first-order chi connectivity index (χ1) is 13.1. The van der Waals surface area contributed by atoms with Crippen molar-refractivity contribution in [1.82, 2.24) is 14.8 Å². The van der Waals surface area contributed by atoms with Gasteiger partial charge in [-0.3, -0.25) is 14.7 Å². The minimum Gasteiger partial charge on any atom is -0.368 e. The van der Waals surface area contributed by atoms with E-state index in [0.29, 0.717) is 23.5 Å². The monoisotopic (exact) mass is 386 g/mol. The maximum Gasteiger partial charge on any atom is 0.236 e. The van der Waals surface area contributed by atoms with E-state index >= 15 is 0 Å². The second-order valence-electron chi connectivity index (χ2n) is 7.69. The summed E-state index contributed by atoms with van der Waals surface area (Å²) in [4.78, 5) is 23.9. The summed E-state index contributed by atoms with van der Waals surface area (Å²) in [6, 6.07) is 8.35. The minimum atomic E-state index is 0.291. The van der Waals surface area contributed by atoms with Crippen LogP contribution in [0.1, 0.15) is 26.2 Å². The summed E-state index contributed by atoms with van der Waals surface area (Å²) in [5, 5.41) is 1.84. The first-order valence-corrected chi connectivity index (χ1v) is 10.3. The number of rotatable bonds is 3. The quantitative estimate of drug-likeness (QED) is 0.810. The van der Waals surface area contributed by atoms with Crippen LogP contribution in [0.4, 0.5) is 5.69 Å². The average Bonchev–Trinajstić information content (AvgIpc) is 2.68. The predicted octanol–water partition coefficient (Wildman–Crippen LogP) is 3.41. The van der Waals surface area contributed by atoms with Crippen LogP contribution in [0.15, 0.2) is 30.5 Å². The number of nitrogens with zero attached hydrogens (tertiary/aromatic N) is 4. The molecule has 0 unspecified atom stereocenters. The Morgan fingerprint density at radius 1 is 1.15 bits per heavy atom. The van der Waals surface area contributed by atoms with Crippen LogP contribution >= 0.6 is 11.6 Å². The summed E-state index contributed by atoms with van der Waals surface area (Å²) in [5.41, 5.74) is 2.13. The van der Waals surface area contributed by atoms with Crippen molar-refractivity contribution >= 4 is 34.1 Å². The van der Waals surface area contributed by atoms with Crippen molar-refractivity contribution in [1.29, 1.82) is 0 Å². The number of carbonyl (C=O) groups excluding carboxylic acids is 1. The fourth-order valence-corrected chi connectivity index (χ4v) is 4.45. The number of hydrogen-bond donors (Lipinski definition) is 0. The summed E-state index contributed by atoms with van der Waals surface area (Å²) in [7, 11) is 0. The number of benzene rings is 1. The van der Waals surface area contributed by atoms with Gasteiger partial charge in [0, 0.05) is 61.1 Å². The van der Waals surface area contributed by atoms with Gasteiger partial charge in [-0.25, -0.2) is 0 Å². The van der Waals surface area contributed by atoms with E-state index in [9.17, 15) is 4.79 Å². The van der Waals surface area contributed by atoms with Gasteiger partial charge in [-0.2, -0.15) is 0 Å². The number of anilines is 1. The zero-order valence-electron chi connectivity index (χ0n) is 15.9. The number of amides is 1. The molecule has 0 radical (unpaired) electrons. The number of piperazine rings is 1. The number of carbonyl (C=O) groups is 1. The zero-order chi connectivity index (χ0) is 18.8. The van der Waals surface area contributed by atoms with Crippen LogP contribution in [0.25, 0.3) is 10.9 Å². The summed E-state index contributed by atoms with van der Waals surface area (Å²) in [6.45, 7) is 7.30. The first kappa shape index (κ1) is 18.5. The summed E-state index contributed by atoms with van der Waals surface area (Å²) >= 11 is 6.10. The lowest BCUT2D eigenvalue weighted by Crippen LogP contribution is -2.52. The first-order valence-electron chi connectivity index (χ1n) is 9.93. The van der Waals surface area contributed by atoms with Gasteiger partial charge in [0.25, 0.3) is 0 Å². The molecule has 2 aliphatic heterocycles. The fraction of sp³-hybridized carbons (Fsp3) is 0.524. The van der Waals surface area contributed by atoms with E-state index in [4.69, 9.17) is 11.6 Å². The number of halogens is 1. The van der Waals surface area contributed by atoms with Gasteiger partial charge < -0.3 is 9.80 Å². The molecular weight excluding hydrogens is 360 g/mol. The minimum absolute atomic E-state index is 0.291. The van der Waals surface area contributed by atoms with E-state index in [0.717, 1.165) is 56.5 Å². The Bertz CT molecular complexity index is 819. The summed E-state index contributed by atoms with van der Waals surface area (Å²) < 4.78 is 0. The van der Waals surface area contributed by atoms with Crippen molar-refractivity contribution in [3.05, 3.63) is 35.5 Å². The van der Waals surface area contributed by atoms with E-state index in [1.807, 2.05) is 24.4 Å². The number of likely N-dealkylation sites (tertiary alicyclic amines) is 1. The van der Waals surface area contributed by atoms with E-state index < -0.39 is 0 Å². The molecule has 2 aromatic rings. The second kappa shape index (κ2) is 8.03. The Morgan fingerprint density at radius 3 is 2.74 bits per heavy atom. The van der Waals surface area contributed by atoms with Gasteiger partial charge in [-0.1, -0.05) is 11.6 Å². The molecule has 1 aromatic heterocycles. The highest BCUT2D eigenvalue weighted by Crippen LogP contribution is 2.28. The molecule has 0 aliphatic carbocycles. The number of aromatic nitrogens is 1. The normalized spacial score (nSPS) is 21.6. The Hall–Kier alpha value is -1.85. The Labute approximate surface area is 165 Å². The highest BCUT2D eigenvalue weighted by atomic mass is 35.5. The van der Waals surface area contributed by atoms with Gasteiger partial charge in [-0.15, -0.1) is 0 Å². The predicted molar refractivity (Wildman–Crippen MR) is 110 cm³/mol. The van der Waals surface area contributed by atoms with Crippen LogP contribution in [0.3, 0.4) is 0 Å². The molecule has 27 heavy (non-hydrogen) atoms. The number of hydrogen-bond acceptors (Lipinski definition) is 4. The fourth-order valence-electron chi connectivity index (χ4n) is 4.28. The summed E-state index contributed by atoms with van der Waals surface area (Å²) in [5.74, 6) is 0.291. The molecule has 2 saturated heterocycles. The van der Waals surface area contributed by atoms with Gasteiger partial charge in [0.05, 0.1) is 12.1 Å². The topological polar surface area (TPSA) is 39.7 Å². The number of piperidine rings is 1. The molecule has 1 atom stereocenters. The van der Waals surface area contributed by atoms with Crippen LogP contribution in [-0.4, -0.2) is 66.0 Å². The van der Waals surface area contributed by atoms with Crippen molar-refractivity contribution < 1.29 is 4.79 Å². The van der Waals surface area contributed by atoms with Gasteiger partial charge in [0.2, 0.25) is 5.91 Å². The molecule has 0 saturated carbocycles. The standard InChI is InChI=1S/C21H27ClN4O/c1-16-4-2-3-9-26(16)21(27)15-24-10-12-25(13-11-24)20-7-8-23-19-14-17(22)5-6-18(19)20/h5-8,14,16H,2-4,9-13,15H2,1H3/t16-/m1/s1. The highest BCUT2D eigenvalue weighted by molar-refractivity contribution is 6.31. The molecule has 1 amide bonds. The van der Waals surface area contributed by atoms with Crippen molar-refractivity contribution in [3.63, 3.8) is 0 Å². The maximum atomic E-state index is 12.7. The highest BCUT2D eigenvalue weighted by Gasteiger charge is 2.26. The lowest BCUT2D eigenvalue weighted by atomic mass is 10.0. The summed E-state index contributed by atoms with van der Waals surface area (Å²) in [6.07, 6.45) is 5.37. The SMILES string of the molecule is C[C@@H]1CCCCN1C(=O)CN1CCN(c2ccnc3cc(Cl)ccc23)CC1. The number of fused-ring (bicyclic) bond motifs is 1. The van der Waals surface area contributed by atoms with Gasteiger partial charge in [0.15, 0.2) is 0 Å². The molecule has 2 aliphatic rings. The third-order valence-electron chi connectivity index (χ3n) is 5.88. The second-order valence-corrected chi connectivity index (χ2v) is 8.12. The number of pyridine rings is 1. The van der Waals surface area contributed by atoms with E-state index in [2.05, 4.69) is 32.7 Å². The molecule has 6 heteroatoms. The Kier molecular flexibility index (Phi) is 5.50. The average molecular weight is 387 g/mol. The van der Waals surface area contributed by atoms with Crippen molar-refractivity contribution in [2.75, 3.05) is 44.2 Å². The lowest BCUT2D eigenvalue weighted by molar-refractivity contribution is -0.135. The smallest absolute Gasteiger partial charge is 0.236 e. The van der Waals surface area contributed by atoms with Gasteiger partial charge in [-0.05, 0) is 50.5 Å². The molecule has 3 heterocycles. The Morgan fingerprint density at radius 2 is 1.96 bits per heavy atom.